The molecule has 20 heavy (non-hydrogen) atoms. The molecule has 2 atom stereocenters. The number of aliphatic hydroxyl groups excluding tert-OH is 1. The average molecular weight is 277 g/mol. The Morgan fingerprint density at radius 3 is 2.60 bits per heavy atom. The van der Waals surface area contributed by atoms with Gasteiger partial charge in [0, 0.05) is 18.6 Å². The third-order valence-electron chi connectivity index (χ3n) is 4.79. The molecular formula is C16H20FNO2. The summed E-state index contributed by atoms with van der Waals surface area (Å²) in [5.74, 6) is -0.0569. The van der Waals surface area contributed by atoms with Crippen LogP contribution in [0.2, 0.25) is 0 Å². The number of nitrogens with one attached hydrogen (secondary N) is 1. The third-order valence-corrected chi connectivity index (χ3v) is 4.79. The molecule has 1 aromatic carbocycles. The van der Waals surface area contributed by atoms with Gasteiger partial charge in [0.2, 0.25) is 5.91 Å². The molecule has 0 radical (unpaired) electrons. The molecule has 3 rings (SSSR count). The van der Waals surface area contributed by atoms with Crippen molar-refractivity contribution in [2.45, 2.75) is 43.6 Å². The number of rotatable bonds is 4. The number of carbonyl (C=O) groups is 1. The van der Waals surface area contributed by atoms with Crippen LogP contribution >= 0.6 is 0 Å². The zero-order chi connectivity index (χ0) is 14.2. The van der Waals surface area contributed by atoms with Gasteiger partial charge in [0.05, 0.1) is 5.41 Å². The predicted molar refractivity (Wildman–Crippen MR) is 73.7 cm³/mol. The van der Waals surface area contributed by atoms with E-state index >= 15 is 0 Å². The fourth-order valence-electron chi connectivity index (χ4n) is 3.29. The highest BCUT2D eigenvalue weighted by Crippen LogP contribution is 2.48. The Balaban J connectivity index is 1.72. The van der Waals surface area contributed by atoms with Gasteiger partial charge < -0.3 is 10.4 Å². The molecule has 0 heterocycles. The molecule has 2 fully saturated rings. The predicted octanol–water partition coefficient (Wildman–Crippen LogP) is 2.13. The fourth-order valence-corrected chi connectivity index (χ4v) is 3.29. The van der Waals surface area contributed by atoms with Gasteiger partial charge in [0.15, 0.2) is 0 Å². The van der Waals surface area contributed by atoms with Crippen molar-refractivity contribution in [3.63, 3.8) is 0 Å². The summed E-state index contributed by atoms with van der Waals surface area (Å²) in [4.78, 5) is 12.5. The summed E-state index contributed by atoms with van der Waals surface area (Å²) >= 11 is 0. The van der Waals surface area contributed by atoms with E-state index in [1.54, 1.807) is 12.1 Å². The van der Waals surface area contributed by atoms with E-state index in [9.17, 15) is 14.3 Å². The molecule has 4 heteroatoms. The molecule has 0 saturated heterocycles. The first kappa shape index (κ1) is 13.6. The molecule has 2 N–H and O–H groups in total. The molecule has 0 aliphatic heterocycles. The third kappa shape index (κ3) is 2.33. The monoisotopic (exact) mass is 277 g/mol. The summed E-state index contributed by atoms with van der Waals surface area (Å²) in [6.07, 6.45) is 4.61. The van der Waals surface area contributed by atoms with Crippen LogP contribution in [0.15, 0.2) is 24.3 Å². The van der Waals surface area contributed by atoms with Crippen molar-refractivity contribution >= 4 is 5.91 Å². The van der Waals surface area contributed by atoms with Crippen LogP contribution < -0.4 is 5.32 Å². The van der Waals surface area contributed by atoms with Gasteiger partial charge in [-0.2, -0.15) is 0 Å². The molecule has 0 bridgehead atoms. The SMILES string of the molecule is O=C(NC1CCCC1CO)C1(c2ccc(F)cc2)CC1. The van der Waals surface area contributed by atoms with E-state index in [1.165, 1.54) is 12.1 Å². The van der Waals surface area contributed by atoms with E-state index in [4.69, 9.17) is 0 Å². The van der Waals surface area contributed by atoms with Crippen molar-refractivity contribution in [2.75, 3.05) is 6.61 Å². The van der Waals surface area contributed by atoms with Crippen molar-refractivity contribution in [3.8, 4) is 0 Å². The summed E-state index contributed by atoms with van der Waals surface area (Å²) in [5, 5.41) is 12.4. The smallest absolute Gasteiger partial charge is 0.230 e. The van der Waals surface area contributed by atoms with Crippen LogP contribution in [0.25, 0.3) is 0 Å². The van der Waals surface area contributed by atoms with Gasteiger partial charge in [0.1, 0.15) is 5.82 Å². The number of benzene rings is 1. The zero-order valence-electron chi connectivity index (χ0n) is 11.4. The standard InChI is InChI=1S/C16H20FNO2/c17-13-6-4-12(5-7-13)16(8-9-16)15(20)18-14-3-1-2-11(14)10-19/h4-7,11,14,19H,1-3,8-10H2,(H,18,20). The summed E-state index contributed by atoms with van der Waals surface area (Å²) in [5.41, 5.74) is 0.436. The molecule has 2 unspecified atom stereocenters. The minimum Gasteiger partial charge on any atom is -0.396 e. The van der Waals surface area contributed by atoms with Crippen LogP contribution in [-0.2, 0) is 10.2 Å². The van der Waals surface area contributed by atoms with E-state index < -0.39 is 5.41 Å². The Labute approximate surface area is 118 Å². The maximum atomic E-state index is 13.0. The van der Waals surface area contributed by atoms with Gasteiger partial charge in [-0.3, -0.25) is 4.79 Å². The quantitative estimate of drug-likeness (QED) is 0.886. The summed E-state index contributed by atoms with van der Waals surface area (Å²) < 4.78 is 13.0. The van der Waals surface area contributed by atoms with Crippen LogP contribution in [0.4, 0.5) is 4.39 Å². The molecule has 3 nitrogen and oxygen atoms in total. The largest absolute Gasteiger partial charge is 0.396 e. The van der Waals surface area contributed by atoms with Crippen LogP contribution in [0.3, 0.4) is 0 Å². The maximum Gasteiger partial charge on any atom is 0.230 e. The molecule has 1 aromatic rings. The van der Waals surface area contributed by atoms with E-state index in [-0.39, 0.29) is 30.3 Å². The van der Waals surface area contributed by atoms with Crippen LogP contribution in [-0.4, -0.2) is 23.7 Å². The van der Waals surface area contributed by atoms with Crippen LogP contribution in [0, 0.1) is 11.7 Å². The van der Waals surface area contributed by atoms with Crippen molar-refractivity contribution < 1.29 is 14.3 Å². The van der Waals surface area contributed by atoms with Crippen molar-refractivity contribution in [3.05, 3.63) is 35.6 Å². The Kier molecular flexibility index (Phi) is 3.50. The Morgan fingerprint density at radius 1 is 1.30 bits per heavy atom. The Morgan fingerprint density at radius 2 is 2.00 bits per heavy atom. The van der Waals surface area contributed by atoms with Crippen LogP contribution in [0.1, 0.15) is 37.7 Å². The zero-order valence-corrected chi connectivity index (χ0v) is 11.4. The first-order valence-electron chi connectivity index (χ1n) is 7.33. The molecule has 2 saturated carbocycles. The topological polar surface area (TPSA) is 49.3 Å². The second-order valence-electron chi connectivity index (χ2n) is 6.04. The first-order valence-corrected chi connectivity index (χ1v) is 7.33. The minimum atomic E-state index is -0.462. The van der Waals surface area contributed by atoms with Gasteiger partial charge in [-0.05, 0) is 43.4 Å². The van der Waals surface area contributed by atoms with E-state index in [0.29, 0.717) is 0 Å². The Hall–Kier alpha value is -1.42. The molecule has 2 aliphatic carbocycles. The maximum absolute atomic E-state index is 13.0. The lowest BCUT2D eigenvalue weighted by Gasteiger charge is -2.23. The average Bonchev–Trinajstić information content (AvgIpc) is 3.15. The van der Waals surface area contributed by atoms with Crippen molar-refractivity contribution in [1.29, 1.82) is 0 Å². The van der Waals surface area contributed by atoms with E-state index in [2.05, 4.69) is 5.32 Å². The number of hydrogen-bond donors (Lipinski definition) is 2. The number of hydrogen-bond acceptors (Lipinski definition) is 2. The lowest BCUT2D eigenvalue weighted by molar-refractivity contribution is -0.124. The number of halogens is 1. The van der Waals surface area contributed by atoms with Gasteiger partial charge in [-0.15, -0.1) is 0 Å². The highest BCUT2D eigenvalue weighted by atomic mass is 19.1. The van der Waals surface area contributed by atoms with E-state index in [0.717, 1.165) is 37.7 Å². The Bertz CT molecular complexity index is 496. The minimum absolute atomic E-state index is 0.0365. The summed E-state index contributed by atoms with van der Waals surface area (Å²) in [7, 11) is 0. The highest BCUT2D eigenvalue weighted by molar-refractivity contribution is 5.91. The summed E-state index contributed by atoms with van der Waals surface area (Å²) in [6.45, 7) is 0.133. The van der Waals surface area contributed by atoms with Gasteiger partial charge in [-0.1, -0.05) is 18.6 Å². The first-order chi connectivity index (χ1) is 9.65. The van der Waals surface area contributed by atoms with E-state index in [1.807, 2.05) is 0 Å². The number of carbonyl (C=O) groups excluding carboxylic acids is 1. The van der Waals surface area contributed by atoms with Gasteiger partial charge in [0.25, 0.3) is 0 Å². The normalized spacial score (nSPS) is 27.3. The molecule has 1 amide bonds. The lowest BCUT2D eigenvalue weighted by Crippen LogP contribution is -2.44. The highest BCUT2D eigenvalue weighted by Gasteiger charge is 2.52. The van der Waals surface area contributed by atoms with Gasteiger partial charge in [-0.25, -0.2) is 4.39 Å². The summed E-state index contributed by atoms with van der Waals surface area (Å²) in [6, 6.07) is 6.33. The molecule has 2 aliphatic rings. The molecule has 0 aromatic heterocycles. The number of aliphatic hydroxyl groups is 1. The van der Waals surface area contributed by atoms with Crippen molar-refractivity contribution in [1.82, 2.24) is 5.32 Å². The van der Waals surface area contributed by atoms with Gasteiger partial charge >= 0.3 is 0 Å². The van der Waals surface area contributed by atoms with Crippen molar-refractivity contribution in [2.24, 2.45) is 5.92 Å². The van der Waals surface area contributed by atoms with Crippen LogP contribution in [0.5, 0.6) is 0 Å². The number of amides is 1. The fraction of sp³-hybridized carbons (Fsp3) is 0.562. The molecule has 0 spiro atoms. The molecular weight excluding hydrogens is 257 g/mol. The molecule has 108 valence electrons. The second-order valence-corrected chi connectivity index (χ2v) is 6.04. The second kappa shape index (κ2) is 5.17. The lowest BCUT2D eigenvalue weighted by atomic mass is 9.94.